The van der Waals surface area contributed by atoms with Gasteiger partial charge in [0.25, 0.3) is 0 Å². The smallest absolute Gasteiger partial charge is 0.408 e. The first-order chi connectivity index (χ1) is 26.9. The highest BCUT2D eigenvalue weighted by Gasteiger charge is 2.66. The first-order valence-electron chi connectivity index (χ1n) is 19.4. The Kier molecular flexibility index (Phi) is 12.0. The summed E-state index contributed by atoms with van der Waals surface area (Å²) in [6, 6.07) is 4.33. The van der Waals surface area contributed by atoms with Gasteiger partial charge in [-0.05, 0) is 75.1 Å². The van der Waals surface area contributed by atoms with Crippen LogP contribution >= 0.6 is 19.0 Å². The summed E-state index contributed by atoms with van der Waals surface area (Å²) in [5.74, 6) is -3.02. The van der Waals surface area contributed by atoms with E-state index in [4.69, 9.17) is 25.8 Å². The lowest BCUT2D eigenvalue weighted by Gasteiger charge is -2.31. The van der Waals surface area contributed by atoms with Gasteiger partial charge < -0.3 is 34.6 Å². The molecular weight excluding hydrogens is 771 g/mol. The standard InChI is InChI=1S/C39H47ClF2N5O8P/c1-53-32-17-16-26-34(33(32)40)43-22-44-36(26)54-25-18-31-35(48)46-39(56(51,52)21-27-28(41)13-9-14-29(27)42)19-23(39)10-5-3-2-4-6-15-30(37(49)47(31)20-25)45-38(50)55-24-11-7-8-12-24/h9,13-14,16-17,22-25,30-31H,2-8,10-12,15,18-21H2,1H3,(H,45,50)(H,46,48)(H,51,52)/t23-,25?,30+,31+,39+/m1/s1. The summed E-state index contributed by atoms with van der Waals surface area (Å²) < 4.78 is 61.3. The fraction of sp³-hybridized carbons (Fsp3) is 0.564. The van der Waals surface area contributed by atoms with Crippen molar-refractivity contribution in [1.82, 2.24) is 25.5 Å². The van der Waals surface area contributed by atoms with E-state index in [1.54, 1.807) is 12.1 Å². The first-order valence-corrected chi connectivity index (χ1v) is 21.6. The lowest BCUT2D eigenvalue weighted by molar-refractivity contribution is -0.140. The van der Waals surface area contributed by atoms with Gasteiger partial charge in [-0.1, -0.05) is 49.8 Å². The minimum Gasteiger partial charge on any atom is -0.495 e. The number of rotatable bonds is 8. The third kappa shape index (κ3) is 8.31. The molecule has 0 bridgehead atoms. The van der Waals surface area contributed by atoms with Gasteiger partial charge in [0, 0.05) is 12.0 Å². The maximum absolute atomic E-state index is 14.8. The topological polar surface area (TPSA) is 169 Å². The van der Waals surface area contributed by atoms with Gasteiger partial charge in [0.2, 0.25) is 25.1 Å². The number of ether oxygens (including phenoxy) is 3. The largest absolute Gasteiger partial charge is 0.495 e. The van der Waals surface area contributed by atoms with Crippen LogP contribution in [0.4, 0.5) is 13.6 Å². The van der Waals surface area contributed by atoms with Gasteiger partial charge in [0.1, 0.15) is 58.3 Å². The highest BCUT2D eigenvalue weighted by Crippen LogP contribution is 2.71. The van der Waals surface area contributed by atoms with Crippen LogP contribution in [0.5, 0.6) is 11.6 Å². The number of halogens is 3. The first kappa shape index (κ1) is 40.1. The molecule has 2 aliphatic heterocycles. The Morgan fingerprint density at radius 1 is 1.02 bits per heavy atom. The molecule has 3 N–H and O–H groups in total. The molecule has 302 valence electrons. The van der Waals surface area contributed by atoms with Crippen LogP contribution in [0, 0.1) is 17.6 Å². The summed E-state index contributed by atoms with van der Waals surface area (Å²) in [7, 11) is -3.04. The molecule has 2 aliphatic carbocycles. The number of nitrogens with zero attached hydrogens (tertiary/aromatic N) is 3. The molecular formula is C39H47ClF2N5O8P. The number of nitrogens with one attached hydrogen (secondary N) is 2. The van der Waals surface area contributed by atoms with Gasteiger partial charge in [-0.2, -0.15) is 0 Å². The van der Waals surface area contributed by atoms with Crippen LogP contribution in [0.25, 0.3) is 10.9 Å². The van der Waals surface area contributed by atoms with Crippen LogP contribution in [-0.2, 0) is 25.1 Å². The highest BCUT2D eigenvalue weighted by molar-refractivity contribution is 7.59. The maximum atomic E-state index is 14.8. The molecule has 0 radical (unpaired) electrons. The SMILES string of the molecule is COc1ccc2c(OC3C[C@H]4C(=O)N[C@]5(P(=O)(O)Cc6c(F)cccc6F)C[C@H]5CCCCCCC[C@H](NC(=O)OC5CCCC5)C(=O)N4C3)ncnc2c1Cl. The van der Waals surface area contributed by atoms with Crippen LogP contribution in [-0.4, -0.2) is 80.9 Å². The second-order valence-corrected chi connectivity index (χ2v) is 18.3. The van der Waals surface area contributed by atoms with Gasteiger partial charge in [0.05, 0.1) is 30.7 Å². The van der Waals surface area contributed by atoms with Crippen molar-refractivity contribution in [2.75, 3.05) is 13.7 Å². The van der Waals surface area contributed by atoms with E-state index in [0.717, 1.165) is 57.1 Å². The number of fused-ring (bicyclic) bond motifs is 3. The predicted octanol–water partition coefficient (Wildman–Crippen LogP) is 7.00. The van der Waals surface area contributed by atoms with Gasteiger partial charge in [-0.15, -0.1) is 0 Å². The number of methoxy groups -OCH3 is 1. The summed E-state index contributed by atoms with van der Waals surface area (Å²) in [6.45, 7) is -0.0875. The van der Waals surface area contributed by atoms with Crippen molar-refractivity contribution in [1.29, 1.82) is 0 Å². The number of carbonyl (C=O) groups is 3. The molecule has 17 heteroatoms. The van der Waals surface area contributed by atoms with Gasteiger partial charge in [0.15, 0.2) is 0 Å². The Balaban J connectivity index is 1.20. The minimum atomic E-state index is -4.52. The average Bonchev–Trinajstić information content (AvgIpc) is 3.44. The highest BCUT2D eigenvalue weighted by atomic mass is 35.5. The van der Waals surface area contributed by atoms with Crippen LogP contribution in [0.2, 0.25) is 5.02 Å². The molecule has 7 rings (SSSR count). The van der Waals surface area contributed by atoms with Crippen LogP contribution in [0.1, 0.15) is 89.0 Å². The zero-order chi connectivity index (χ0) is 39.6. The minimum absolute atomic E-state index is 0.0371. The number of benzene rings is 2. The van der Waals surface area contributed by atoms with Crippen LogP contribution in [0.3, 0.4) is 0 Å². The Hall–Kier alpha value is -4.07. The summed E-state index contributed by atoms with van der Waals surface area (Å²) in [6.07, 6.45) is 6.77. The third-order valence-electron chi connectivity index (χ3n) is 11.7. The van der Waals surface area contributed by atoms with Crippen LogP contribution < -0.4 is 20.1 Å². The van der Waals surface area contributed by atoms with Gasteiger partial charge >= 0.3 is 6.09 Å². The lowest BCUT2D eigenvalue weighted by Crippen LogP contribution is -2.55. The van der Waals surface area contributed by atoms with Crippen molar-refractivity contribution in [3.63, 3.8) is 0 Å². The Morgan fingerprint density at radius 3 is 2.45 bits per heavy atom. The van der Waals surface area contributed by atoms with E-state index in [9.17, 15) is 32.6 Å². The summed E-state index contributed by atoms with van der Waals surface area (Å²) in [5.41, 5.74) is -0.155. The van der Waals surface area contributed by atoms with E-state index in [2.05, 4.69) is 20.6 Å². The summed E-state index contributed by atoms with van der Waals surface area (Å²) in [4.78, 5) is 63.9. The molecule has 13 nitrogen and oxygen atoms in total. The molecule has 3 aromatic rings. The fourth-order valence-corrected chi connectivity index (χ4v) is 11.4. The number of carbonyl (C=O) groups excluding carboxylic acids is 3. The normalized spacial score (nSPS) is 27.3. The zero-order valence-corrected chi connectivity index (χ0v) is 32.8. The molecule has 3 heterocycles. The summed E-state index contributed by atoms with van der Waals surface area (Å²) >= 11 is 6.54. The number of amides is 3. The summed E-state index contributed by atoms with van der Waals surface area (Å²) in [5, 5.41) is 4.69. The van der Waals surface area contributed by atoms with E-state index in [1.165, 1.54) is 24.4 Å². The Morgan fingerprint density at radius 2 is 1.71 bits per heavy atom. The monoisotopic (exact) mass is 817 g/mol. The maximum Gasteiger partial charge on any atom is 0.408 e. The average molecular weight is 818 g/mol. The molecule has 56 heavy (non-hydrogen) atoms. The van der Waals surface area contributed by atoms with E-state index >= 15 is 0 Å². The van der Waals surface area contributed by atoms with E-state index in [0.29, 0.717) is 42.3 Å². The van der Waals surface area contributed by atoms with Crippen molar-refractivity contribution in [2.24, 2.45) is 5.92 Å². The van der Waals surface area contributed by atoms with E-state index in [1.807, 2.05) is 0 Å². The van der Waals surface area contributed by atoms with Crippen molar-refractivity contribution in [3.05, 3.63) is 58.9 Å². The second-order valence-electron chi connectivity index (χ2n) is 15.4. The molecule has 2 aromatic carbocycles. The molecule has 3 amide bonds. The molecule has 4 aliphatic rings. The Bertz CT molecular complexity index is 2000. The molecule has 1 aromatic heterocycles. The zero-order valence-electron chi connectivity index (χ0n) is 31.2. The number of aromatic nitrogens is 2. The number of hydrogen-bond donors (Lipinski definition) is 3. The lowest BCUT2D eigenvalue weighted by atomic mass is 10.0. The molecule has 2 saturated heterocycles. The van der Waals surface area contributed by atoms with Gasteiger partial charge in [-0.3, -0.25) is 14.2 Å². The quantitative estimate of drug-likeness (QED) is 0.201. The van der Waals surface area contributed by atoms with Crippen molar-refractivity contribution in [2.45, 2.75) is 119 Å². The van der Waals surface area contributed by atoms with Gasteiger partial charge in [-0.25, -0.2) is 23.5 Å². The third-order valence-corrected chi connectivity index (χ3v) is 14.7. The molecule has 0 spiro atoms. The van der Waals surface area contributed by atoms with Crippen molar-refractivity contribution in [3.8, 4) is 11.6 Å². The molecule has 2 saturated carbocycles. The fourth-order valence-electron chi connectivity index (χ4n) is 8.56. The van der Waals surface area contributed by atoms with Crippen molar-refractivity contribution < 1.29 is 46.8 Å². The predicted molar refractivity (Wildman–Crippen MR) is 202 cm³/mol. The molecule has 2 unspecified atom stereocenters. The molecule has 4 fully saturated rings. The Labute approximate surface area is 328 Å². The van der Waals surface area contributed by atoms with E-state index in [-0.39, 0.29) is 36.4 Å². The van der Waals surface area contributed by atoms with E-state index < -0.39 is 78.0 Å². The number of alkyl carbamates (subject to hydrolysis) is 1. The number of hydrogen-bond acceptors (Lipinski definition) is 9. The second kappa shape index (κ2) is 16.8. The van der Waals surface area contributed by atoms with Crippen LogP contribution in [0.15, 0.2) is 36.7 Å². The van der Waals surface area contributed by atoms with Crippen molar-refractivity contribution >= 4 is 47.8 Å². The molecule has 6 atom stereocenters.